The smallest absolute Gasteiger partial charge is 0.213 e. The predicted molar refractivity (Wildman–Crippen MR) is 56.5 cm³/mol. The molecule has 0 radical (unpaired) electrons. The van der Waals surface area contributed by atoms with Crippen LogP contribution in [0, 0.1) is 6.92 Å². The first-order valence-corrected chi connectivity index (χ1v) is 4.84. The van der Waals surface area contributed by atoms with E-state index < -0.39 is 6.04 Å². The molecule has 1 aromatic carbocycles. The lowest BCUT2D eigenvalue weighted by Gasteiger charge is -2.08. The van der Waals surface area contributed by atoms with Gasteiger partial charge >= 0.3 is 0 Å². The highest BCUT2D eigenvalue weighted by atomic mass is 35.5. The van der Waals surface area contributed by atoms with Gasteiger partial charge in [0, 0.05) is 5.02 Å². The molecular weight excluding hydrogens is 214 g/mol. The van der Waals surface area contributed by atoms with E-state index in [1.54, 1.807) is 0 Å². The highest BCUT2D eigenvalue weighted by molar-refractivity contribution is 6.31. The topological polar surface area (TPSA) is 64.9 Å². The third kappa shape index (κ3) is 2.00. The van der Waals surface area contributed by atoms with Crippen molar-refractivity contribution in [1.82, 2.24) is 10.1 Å². The van der Waals surface area contributed by atoms with Crippen LogP contribution < -0.4 is 5.73 Å². The summed E-state index contributed by atoms with van der Waals surface area (Å²) in [6, 6.07) is 5.24. The Kier molecular flexibility index (Phi) is 2.70. The summed E-state index contributed by atoms with van der Waals surface area (Å²) in [5.74, 6) is 0.454. The molecule has 0 aliphatic carbocycles. The molecular formula is C10H10ClN3O. The standard InChI is InChI=1S/C10H10ClN3O/c1-6-2-3-7(4-8(6)11)9(12)10-13-5-15-14-10/h2-5,9H,12H2,1H3. The van der Waals surface area contributed by atoms with Gasteiger partial charge in [-0.15, -0.1) is 0 Å². The van der Waals surface area contributed by atoms with Crippen molar-refractivity contribution in [1.29, 1.82) is 0 Å². The van der Waals surface area contributed by atoms with Crippen molar-refractivity contribution in [3.63, 3.8) is 0 Å². The van der Waals surface area contributed by atoms with E-state index >= 15 is 0 Å². The van der Waals surface area contributed by atoms with E-state index in [-0.39, 0.29) is 0 Å². The van der Waals surface area contributed by atoms with Gasteiger partial charge in [-0.3, -0.25) is 0 Å². The van der Waals surface area contributed by atoms with Gasteiger partial charge < -0.3 is 10.3 Å². The van der Waals surface area contributed by atoms with Crippen LogP contribution in [-0.2, 0) is 0 Å². The molecule has 0 saturated heterocycles. The van der Waals surface area contributed by atoms with Gasteiger partial charge in [0.05, 0.1) is 6.04 Å². The van der Waals surface area contributed by atoms with E-state index in [4.69, 9.17) is 17.3 Å². The lowest BCUT2D eigenvalue weighted by Crippen LogP contribution is -2.13. The summed E-state index contributed by atoms with van der Waals surface area (Å²) in [6.45, 7) is 1.94. The van der Waals surface area contributed by atoms with Crippen molar-refractivity contribution in [3.05, 3.63) is 46.6 Å². The number of nitrogens with zero attached hydrogens (tertiary/aromatic N) is 2. The van der Waals surface area contributed by atoms with Crippen LogP contribution in [-0.4, -0.2) is 10.1 Å². The second-order valence-corrected chi connectivity index (χ2v) is 3.68. The van der Waals surface area contributed by atoms with Crippen molar-refractivity contribution in [2.24, 2.45) is 5.73 Å². The maximum absolute atomic E-state index is 6.00. The van der Waals surface area contributed by atoms with Gasteiger partial charge in [-0.2, -0.15) is 4.98 Å². The van der Waals surface area contributed by atoms with Crippen LogP contribution >= 0.6 is 11.6 Å². The zero-order valence-corrected chi connectivity index (χ0v) is 8.90. The fraction of sp³-hybridized carbons (Fsp3) is 0.200. The van der Waals surface area contributed by atoms with E-state index in [0.717, 1.165) is 11.1 Å². The normalized spacial score (nSPS) is 12.7. The van der Waals surface area contributed by atoms with Gasteiger partial charge in [0.1, 0.15) is 0 Å². The zero-order chi connectivity index (χ0) is 10.8. The van der Waals surface area contributed by atoms with Crippen molar-refractivity contribution < 1.29 is 4.52 Å². The van der Waals surface area contributed by atoms with Gasteiger partial charge in [-0.25, -0.2) is 0 Å². The highest BCUT2D eigenvalue weighted by Crippen LogP contribution is 2.22. The molecule has 4 nitrogen and oxygen atoms in total. The minimum absolute atomic E-state index is 0.401. The molecule has 0 amide bonds. The summed E-state index contributed by atoms with van der Waals surface area (Å²) in [5, 5.41) is 4.38. The molecule has 1 aromatic heterocycles. The Hall–Kier alpha value is -1.39. The minimum Gasteiger partial charge on any atom is -0.343 e. The van der Waals surface area contributed by atoms with Crippen LogP contribution in [0.4, 0.5) is 0 Å². The van der Waals surface area contributed by atoms with Crippen LogP contribution in [0.1, 0.15) is 23.0 Å². The van der Waals surface area contributed by atoms with Crippen LogP contribution in [0.15, 0.2) is 29.1 Å². The number of hydrogen-bond donors (Lipinski definition) is 1. The average Bonchev–Trinajstić information content (AvgIpc) is 2.74. The summed E-state index contributed by atoms with van der Waals surface area (Å²) < 4.78 is 4.64. The van der Waals surface area contributed by atoms with E-state index in [9.17, 15) is 0 Å². The summed E-state index contributed by atoms with van der Waals surface area (Å²) >= 11 is 6.00. The van der Waals surface area contributed by atoms with E-state index in [0.29, 0.717) is 10.8 Å². The second kappa shape index (κ2) is 4.00. The molecule has 78 valence electrons. The number of aromatic nitrogens is 2. The molecule has 2 aromatic rings. The van der Waals surface area contributed by atoms with Crippen molar-refractivity contribution in [2.45, 2.75) is 13.0 Å². The second-order valence-electron chi connectivity index (χ2n) is 3.28. The quantitative estimate of drug-likeness (QED) is 0.847. The number of rotatable bonds is 2. The molecule has 0 bridgehead atoms. The highest BCUT2D eigenvalue weighted by Gasteiger charge is 2.14. The molecule has 0 aliphatic heterocycles. The van der Waals surface area contributed by atoms with Crippen LogP contribution in [0.2, 0.25) is 5.02 Å². The van der Waals surface area contributed by atoms with Crippen molar-refractivity contribution >= 4 is 11.6 Å². The number of nitrogens with two attached hydrogens (primary N) is 1. The predicted octanol–water partition coefficient (Wildman–Crippen LogP) is 2.08. The molecule has 1 heterocycles. The Morgan fingerprint density at radius 2 is 2.27 bits per heavy atom. The summed E-state index contributed by atoms with van der Waals surface area (Å²) in [4.78, 5) is 3.90. The molecule has 15 heavy (non-hydrogen) atoms. The molecule has 0 aliphatic rings. The molecule has 5 heteroatoms. The molecule has 2 rings (SSSR count). The summed E-state index contributed by atoms with van der Waals surface area (Å²) in [5.41, 5.74) is 7.82. The molecule has 1 unspecified atom stereocenters. The Labute approximate surface area is 92.0 Å². The van der Waals surface area contributed by atoms with Gasteiger partial charge in [0.15, 0.2) is 5.82 Å². The van der Waals surface area contributed by atoms with Crippen molar-refractivity contribution in [2.75, 3.05) is 0 Å². The van der Waals surface area contributed by atoms with E-state index in [1.807, 2.05) is 25.1 Å². The fourth-order valence-corrected chi connectivity index (χ4v) is 1.46. The molecule has 1 atom stereocenters. The molecule has 0 saturated carbocycles. The van der Waals surface area contributed by atoms with Gasteiger partial charge in [0.2, 0.25) is 6.39 Å². The third-order valence-electron chi connectivity index (χ3n) is 2.21. The van der Waals surface area contributed by atoms with E-state index in [2.05, 4.69) is 14.7 Å². The van der Waals surface area contributed by atoms with E-state index in [1.165, 1.54) is 6.39 Å². The van der Waals surface area contributed by atoms with Gasteiger partial charge in [-0.1, -0.05) is 28.9 Å². The Morgan fingerprint density at radius 3 is 2.87 bits per heavy atom. The van der Waals surface area contributed by atoms with Crippen LogP contribution in [0.25, 0.3) is 0 Å². The molecule has 2 N–H and O–H groups in total. The maximum Gasteiger partial charge on any atom is 0.213 e. The fourth-order valence-electron chi connectivity index (χ4n) is 1.27. The largest absolute Gasteiger partial charge is 0.343 e. The molecule has 0 fully saturated rings. The molecule has 0 spiro atoms. The number of halogens is 1. The number of hydrogen-bond acceptors (Lipinski definition) is 4. The monoisotopic (exact) mass is 223 g/mol. The Balaban J connectivity index is 2.34. The Bertz CT molecular complexity index is 456. The van der Waals surface area contributed by atoms with Crippen LogP contribution in [0.5, 0.6) is 0 Å². The maximum atomic E-state index is 6.00. The lowest BCUT2D eigenvalue weighted by molar-refractivity contribution is 0.407. The van der Waals surface area contributed by atoms with Gasteiger partial charge in [0.25, 0.3) is 0 Å². The Morgan fingerprint density at radius 1 is 1.47 bits per heavy atom. The van der Waals surface area contributed by atoms with Crippen molar-refractivity contribution in [3.8, 4) is 0 Å². The number of aryl methyl sites for hydroxylation is 1. The summed E-state index contributed by atoms with van der Waals surface area (Å²) in [6.07, 6.45) is 1.25. The van der Waals surface area contributed by atoms with Crippen LogP contribution in [0.3, 0.4) is 0 Å². The SMILES string of the molecule is Cc1ccc(C(N)c2ncon2)cc1Cl. The first-order valence-electron chi connectivity index (χ1n) is 4.46. The average molecular weight is 224 g/mol. The number of benzene rings is 1. The minimum atomic E-state index is -0.401. The first kappa shape index (κ1) is 10.1. The third-order valence-corrected chi connectivity index (χ3v) is 2.62. The summed E-state index contributed by atoms with van der Waals surface area (Å²) in [7, 11) is 0. The zero-order valence-electron chi connectivity index (χ0n) is 8.14. The first-order chi connectivity index (χ1) is 7.18. The van der Waals surface area contributed by atoms with Gasteiger partial charge in [-0.05, 0) is 24.1 Å². The lowest BCUT2D eigenvalue weighted by atomic mass is 10.1.